The summed E-state index contributed by atoms with van der Waals surface area (Å²) in [4.78, 5) is 58.4. The number of rotatable bonds is 7. The molecule has 39 heavy (non-hydrogen) atoms. The minimum Gasteiger partial charge on any atom is -0.449 e. The summed E-state index contributed by atoms with van der Waals surface area (Å²) in [6, 6.07) is 22.3. The van der Waals surface area contributed by atoms with E-state index >= 15 is 0 Å². The number of carbonyl (C=O) groups is 4. The van der Waals surface area contributed by atoms with Crippen molar-refractivity contribution in [1.82, 2.24) is 15.4 Å². The van der Waals surface area contributed by atoms with Gasteiger partial charge in [-0.1, -0.05) is 66.7 Å². The molecule has 0 spiro atoms. The highest BCUT2D eigenvalue weighted by molar-refractivity contribution is 6.02. The summed E-state index contributed by atoms with van der Waals surface area (Å²) in [5.74, 6) is -2.28. The number of fused-ring (bicyclic) bond motifs is 4. The Kier molecular flexibility index (Phi) is 6.32. The van der Waals surface area contributed by atoms with E-state index < -0.39 is 29.9 Å². The number of imide groups is 1. The molecular formula is C30H25N3O6. The second-order valence-corrected chi connectivity index (χ2v) is 9.58. The van der Waals surface area contributed by atoms with Crippen molar-refractivity contribution >= 4 is 34.8 Å². The van der Waals surface area contributed by atoms with E-state index in [2.05, 4.69) is 10.3 Å². The first-order valence-electron chi connectivity index (χ1n) is 12.7. The summed E-state index contributed by atoms with van der Waals surface area (Å²) in [5, 5.41) is 3.95. The Balaban J connectivity index is 1.20. The molecular weight excluding hydrogens is 498 g/mol. The molecule has 1 atom stereocenters. The molecule has 9 nitrogen and oxygen atoms in total. The molecule has 2 aliphatic rings. The van der Waals surface area contributed by atoms with E-state index in [1.807, 2.05) is 72.8 Å². The van der Waals surface area contributed by atoms with E-state index in [9.17, 15) is 19.2 Å². The summed E-state index contributed by atoms with van der Waals surface area (Å²) in [5.41, 5.74) is 5.95. The van der Waals surface area contributed by atoms with Gasteiger partial charge in [-0.25, -0.2) is 9.59 Å². The van der Waals surface area contributed by atoms with Gasteiger partial charge in [0.05, 0.1) is 0 Å². The molecule has 0 unspecified atom stereocenters. The fourth-order valence-electron chi connectivity index (χ4n) is 5.31. The van der Waals surface area contributed by atoms with Crippen LogP contribution < -0.4 is 5.32 Å². The van der Waals surface area contributed by atoms with Crippen molar-refractivity contribution in [2.75, 3.05) is 6.61 Å². The highest BCUT2D eigenvalue weighted by atomic mass is 16.7. The number of para-hydroxylation sites is 1. The molecule has 4 aromatic rings. The first kappa shape index (κ1) is 24.4. The number of hydroxylamine groups is 2. The summed E-state index contributed by atoms with van der Waals surface area (Å²) in [6.07, 6.45) is 0.940. The predicted molar refractivity (Wildman–Crippen MR) is 141 cm³/mol. The zero-order valence-electron chi connectivity index (χ0n) is 20.9. The number of H-pyrrole nitrogens is 1. The van der Waals surface area contributed by atoms with E-state index in [-0.39, 0.29) is 31.8 Å². The molecule has 196 valence electrons. The number of ether oxygens (including phenoxy) is 1. The number of hydrogen-bond acceptors (Lipinski definition) is 6. The second kappa shape index (κ2) is 10.1. The van der Waals surface area contributed by atoms with Crippen molar-refractivity contribution in [2.24, 2.45) is 0 Å². The SMILES string of the molecule is O=C(N[C@@H](Cc1c[nH]c2ccccc12)C(=O)ON1C(=O)CCC1=O)OCC1c2ccccc2-c2ccccc21. The van der Waals surface area contributed by atoms with Gasteiger partial charge in [0.25, 0.3) is 11.8 Å². The molecule has 1 aliphatic heterocycles. The lowest BCUT2D eigenvalue weighted by atomic mass is 9.98. The molecule has 6 rings (SSSR count). The zero-order valence-corrected chi connectivity index (χ0v) is 20.9. The zero-order chi connectivity index (χ0) is 26.9. The largest absolute Gasteiger partial charge is 0.449 e. The Bertz CT molecular complexity index is 1550. The third-order valence-corrected chi connectivity index (χ3v) is 7.21. The number of aromatic amines is 1. The lowest BCUT2D eigenvalue weighted by Crippen LogP contribution is -2.46. The smallest absolute Gasteiger partial charge is 0.407 e. The summed E-state index contributed by atoms with van der Waals surface area (Å²) >= 11 is 0. The first-order valence-corrected chi connectivity index (χ1v) is 12.7. The standard InChI is InChI=1S/C30H25N3O6/c34-27-13-14-28(35)33(27)39-29(36)26(15-18-16-31-25-12-6-5-7-19(18)25)32-30(37)38-17-24-22-10-3-1-8-20(22)21-9-2-4-11-23(21)24/h1-12,16,24,26,31H,13-15,17H2,(H,32,37)/t26-/m0/s1. The van der Waals surface area contributed by atoms with Crippen LogP contribution in [0, 0.1) is 0 Å². The Morgan fingerprint density at radius 1 is 0.897 bits per heavy atom. The minimum absolute atomic E-state index is 0.0287. The summed E-state index contributed by atoms with van der Waals surface area (Å²) in [6.45, 7) is 0.0673. The van der Waals surface area contributed by atoms with E-state index in [0.717, 1.165) is 38.7 Å². The number of benzene rings is 3. The van der Waals surface area contributed by atoms with Crippen LogP contribution in [-0.2, 0) is 30.4 Å². The topological polar surface area (TPSA) is 118 Å². The lowest BCUT2D eigenvalue weighted by Gasteiger charge is -2.21. The van der Waals surface area contributed by atoms with E-state index in [1.165, 1.54) is 0 Å². The van der Waals surface area contributed by atoms with Crippen LogP contribution in [0.25, 0.3) is 22.0 Å². The van der Waals surface area contributed by atoms with Crippen LogP contribution in [0.4, 0.5) is 4.79 Å². The maximum atomic E-state index is 13.1. The summed E-state index contributed by atoms with van der Waals surface area (Å²) in [7, 11) is 0. The van der Waals surface area contributed by atoms with Crippen LogP contribution in [-0.4, -0.2) is 46.6 Å². The van der Waals surface area contributed by atoms with Crippen LogP contribution in [0.1, 0.15) is 35.4 Å². The third-order valence-electron chi connectivity index (χ3n) is 7.21. The van der Waals surface area contributed by atoms with Crippen LogP contribution in [0.3, 0.4) is 0 Å². The van der Waals surface area contributed by atoms with Crippen molar-refractivity contribution in [2.45, 2.75) is 31.2 Å². The number of nitrogens with zero attached hydrogens (tertiary/aromatic N) is 1. The van der Waals surface area contributed by atoms with Gasteiger partial charge in [0.2, 0.25) is 0 Å². The average Bonchev–Trinajstić information content (AvgIpc) is 3.61. The molecule has 1 aliphatic carbocycles. The van der Waals surface area contributed by atoms with Crippen molar-refractivity contribution in [3.63, 3.8) is 0 Å². The van der Waals surface area contributed by atoms with Crippen molar-refractivity contribution in [1.29, 1.82) is 0 Å². The quantitative estimate of drug-likeness (QED) is 0.350. The van der Waals surface area contributed by atoms with Gasteiger partial charge in [0.15, 0.2) is 0 Å². The maximum absolute atomic E-state index is 13.1. The van der Waals surface area contributed by atoms with Crippen LogP contribution in [0.15, 0.2) is 79.0 Å². The number of carbonyl (C=O) groups excluding carboxylic acids is 4. The molecule has 1 fully saturated rings. The second-order valence-electron chi connectivity index (χ2n) is 9.58. The Morgan fingerprint density at radius 3 is 2.21 bits per heavy atom. The van der Waals surface area contributed by atoms with Gasteiger partial charge in [0.1, 0.15) is 12.6 Å². The number of amides is 3. The fourth-order valence-corrected chi connectivity index (χ4v) is 5.31. The normalized spacial score (nSPS) is 15.2. The molecule has 2 heterocycles. The van der Waals surface area contributed by atoms with Crippen LogP contribution in [0.5, 0.6) is 0 Å². The molecule has 0 saturated carbocycles. The van der Waals surface area contributed by atoms with Crippen molar-refractivity contribution in [3.05, 3.63) is 95.7 Å². The predicted octanol–water partition coefficient (Wildman–Crippen LogP) is 4.22. The molecule has 3 amide bonds. The Morgan fingerprint density at radius 2 is 1.51 bits per heavy atom. The van der Waals surface area contributed by atoms with E-state index in [4.69, 9.17) is 9.57 Å². The molecule has 1 saturated heterocycles. The molecule has 9 heteroatoms. The lowest BCUT2D eigenvalue weighted by molar-refractivity contribution is -0.198. The number of aromatic nitrogens is 1. The Hall–Kier alpha value is -4.92. The van der Waals surface area contributed by atoms with E-state index in [1.54, 1.807) is 6.20 Å². The van der Waals surface area contributed by atoms with Crippen LogP contribution in [0.2, 0.25) is 0 Å². The third kappa shape index (κ3) is 4.63. The van der Waals surface area contributed by atoms with Crippen molar-refractivity contribution < 1.29 is 28.8 Å². The minimum atomic E-state index is -1.21. The van der Waals surface area contributed by atoms with Gasteiger partial charge < -0.3 is 19.9 Å². The number of hydrogen-bond donors (Lipinski definition) is 2. The van der Waals surface area contributed by atoms with E-state index in [0.29, 0.717) is 5.06 Å². The summed E-state index contributed by atoms with van der Waals surface area (Å²) < 4.78 is 5.63. The Labute approximate surface area is 223 Å². The first-order chi connectivity index (χ1) is 19.0. The van der Waals surface area contributed by atoms with Gasteiger partial charge in [-0.2, -0.15) is 0 Å². The number of alkyl carbamates (subject to hydrolysis) is 1. The monoisotopic (exact) mass is 523 g/mol. The molecule has 3 aromatic carbocycles. The number of nitrogens with one attached hydrogen (secondary N) is 2. The highest BCUT2D eigenvalue weighted by Crippen LogP contribution is 2.44. The highest BCUT2D eigenvalue weighted by Gasteiger charge is 2.36. The fraction of sp³-hybridized carbons (Fsp3) is 0.200. The van der Waals surface area contributed by atoms with Gasteiger partial charge in [0, 0.05) is 42.3 Å². The molecule has 1 aromatic heterocycles. The van der Waals surface area contributed by atoms with Gasteiger partial charge in [-0.15, -0.1) is 5.06 Å². The molecule has 0 radical (unpaired) electrons. The average molecular weight is 524 g/mol. The van der Waals surface area contributed by atoms with Crippen LogP contribution >= 0.6 is 0 Å². The van der Waals surface area contributed by atoms with Gasteiger partial charge >= 0.3 is 12.1 Å². The maximum Gasteiger partial charge on any atom is 0.407 e. The molecule has 2 N–H and O–H groups in total. The molecule has 0 bridgehead atoms. The van der Waals surface area contributed by atoms with Gasteiger partial charge in [-0.3, -0.25) is 9.59 Å². The van der Waals surface area contributed by atoms with Gasteiger partial charge in [-0.05, 0) is 33.9 Å². The van der Waals surface area contributed by atoms with Crippen molar-refractivity contribution in [3.8, 4) is 11.1 Å².